The summed E-state index contributed by atoms with van der Waals surface area (Å²) in [5, 5.41) is 4.64. The van der Waals surface area contributed by atoms with Crippen molar-refractivity contribution in [2.24, 2.45) is 11.8 Å². The Morgan fingerprint density at radius 3 is 2.41 bits per heavy atom. The molecule has 2 aliphatic rings. The van der Waals surface area contributed by atoms with E-state index in [1.807, 2.05) is 26.2 Å². The van der Waals surface area contributed by atoms with Crippen LogP contribution in [0, 0.1) is 11.8 Å². The largest absolute Gasteiger partial charge is 0.381 e. The number of para-hydroxylation sites is 1. The molecule has 1 saturated carbocycles. The highest BCUT2D eigenvalue weighted by Crippen LogP contribution is 2.27. The maximum atomic E-state index is 10.6. The molecule has 1 atom stereocenters. The molecule has 29 heavy (non-hydrogen) atoms. The van der Waals surface area contributed by atoms with Crippen LogP contribution in [0.1, 0.15) is 46.0 Å². The summed E-state index contributed by atoms with van der Waals surface area (Å²) < 4.78 is 5.00. The number of hydrogen-bond donors (Lipinski definition) is 1. The van der Waals surface area contributed by atoms with E-state index in [1.165, 1.54) is 25.7 Å². The molecule has 1 aliphatic heterocycles. The Kier molecular flexibility index (Phi) is 7.42. The number of ether oxygens (including phenoxy) is 1. The number of fused-ring (bicyclic) bond motifs is 1. The predicted molar refractivity (Wildman–Crippen MR) is 119 cm³/mol. The minimum atomic E-state index is 0.204. The zero-order chi connectivity index (χ0) is 20.8. The Hall–Kier alpha value is -2.21. The van der Waals surface area contributed by atoms with Crippen LogP contribution in [0.4, 0.5) is 11.8 Å². The first-order valence-electron chi connectivity index (χ1n) is 10.7. The second-order valence-corrected chi connectivity index (χ2v) is 8.55. The van der Waals surface area contributed by atoms with E-state index in [9.17, 15) is 4.79 Å². The number of nitrogens with one attached hydrogen (secondary N) is 1. The monoisotopic (exact) mass is 398 g/mol. The van der Waals surface area contributed by atoms with Gasteiger partial charge in [0.1, 0.15) is 11.6 Å². The van der Waals surface area contributed by atoms with Crippen molar-refractivity contribution in [2.45, 2.75) is 52.0 Å². The van der Waals surface area contributed by atoms with Gasteiger partial charge in [0.15, 0.2) is 0 Å². The molecule has 0 bridgehead atoms. The molecular weight excluding hydrogens is 364 g/mol. The van der Waals surface area contributed by atoms with Crippen molar-refractivity contribution in [1.29, 1.82) is 0 Å². The minimum absolute atomic E-state index is 0.204. The second kappa shape index (κ2) is 10.0. The minimum Gasteiger partial charge on any atom is -0.381 e. The smallest absolute Gasteiger partial charge is 0.225 e. The molecule has 0 radical (unpaired) electrons. The molecule has 1 unspecified atom stereocenters. The van der Waals surface area contributed by atoms with E-state index >= 15 is 0 Å². The Balaban J connectivity index is 0.000000252. The summed E-state index contributed by atoms with van der Waals surface area (Å²) in [5.41, 5.74) is 1.00. The van der Waals surface area contributed by atoms with Gasteiger partial charge in [0, 0.05) is 38.0 Å². The molecule has 6 nitrogen and oxygen atoms in total. The predicted octanol–water partition coefficient (Wildman–Crippen LogP) is 4.30. The lowest BCUT2D eigenvalue weighted by atomic mass is 9.87. The number of ketones is 1. The first-order valence-corrected chi connectivity index (χ1v) is 10.7. The SMILES string of the molecule is CC(=O)C1CCOC1.CC1CCC(Nc2nc(N(C)C)c3ccccc3n2)CC1. The molecule has 4 rings (SSSR count). The number of carbonyl (C=O) groups is 1. The zero-order valence-electron chi connectivity index (χ0n) is 18.1. The first-order chi connectivity index (χ1) is 13.9. The maximum Gasteiger partial charge on any atom is 0.225 e. The van der Waals surface area contributed by atoms with E-state index in [-0.39, 0.29) is 11.7 Å². The van der Waals surface area contributed by atoms with Crippen LogP contribution in [0.15, 0.2) is 24.3 Å². The fraction of sp³-hybridized carbons (Fsp3) is 0.609. The summed E-state index contributed by atoms with van der Waals surface area (Å²) in [7, 11) is 4.06. The van der Waals surface area contributed by atoms with Crippen LogP contribution in [-0.4, -0.2) is 49.1 Å². The topological polar surface area (TPSA) is 67.3 Å². The fourth-order valence-electron chi connectivity index (χ4n) is 3.91. The molecule has 1 aliphatic carbocycles. The van der Waals surface area contributed by atoms with Crippen LogP contribution >= 0.6 is 0 Å². The van der Waals surface area contributed by atoms with Gasteiger partial charge in [0.2, 0.25) is 5.95 Å². The Morgan fingerprint density at radius 1 is 1.10 bits per heavy atom. The van der Waals surface area contributed by atoms with Crippen molar-refractivity contribution in [3.8, 4) is 0 Å². The summed E-state index contributed by atoms with van der Waals surface area (Å²) in [5.74, 6) is 3.07. The zero-order valence-corrected chi connectivity index (χ0v) is 18.1. The lowest BCUT2D eigenvalue weighted by molar-refractivity contribution is -0.120. The van der Waals surface area contributed by atoms with Crippen molar-refractivity contribution in [1.82, 2.24) is 9.97 Å². The summed E-state index contributed by atoms with van der Waals surface area (Å²) >= 11 is 0. The molecule has 2 heterocycles. The maximum absolute atomic E-state index is 10.6. The van der Waals surface area contributed by atoms with Crippen molar-refractivity contribution >= 4 is 28.5 Å². The first kappa shape index (κ1) is 21.5. The number of rotatable bonds is 4. The van der Waals surface area contributed by atoms with E-state index in [1.54, 1.807) is 6.92 Å². The Labute approximate surface area is 174 Å². The molecule has 2 fully saturated rings. The van der Waals surface area contributed by atoms with Crippen LogP contribution in [0.2, 0.25) is 0 Å². The number of benzene rings is 1. The van der Waals surface area contributed by atoms with Gasteiger partial charge in [-0.2, -0.15) is 4.98 Å². The number of Topliss-reactive ketones (excluding diaryl/α,β-unsaturated/α-hetero) is 1. The lowest BCUT2D eigenvalue weighted by Gasteiger charge is -2.27. The highest BCUT2D eigenvalue weighted by Gasteiger charge is 2.20. The van der Waals surface area contributed by atoms with E-state index in [4.69, 9.17) is 9.72 Å². The summed E-state index contributed by atoms with van der Waals surface area (Å²) in [6.45, 7) is 5.38. The summed E-state index contributed by atoms with van der Waals surface area (Å²) in [4.78, 5) is 22.0. The molecular formula is C23H34N4O2. The van der Waals surface area contributed by atoms with Gasteiger partial charge in [0.25, 0.3) is 0 Å². The van der Waals surface area contributed by atoms with E-state index in [0.717, 1.165) is 41.6 Å². The van der Waals surface area contributed by atoms with Gasteiger partial charge in [0.05, 0.1) is 12.1 Å². The molecule has 6 heteroatoms. The van der Waals surface area contributed by atoms with E-state index in [0.29, 0.717) is 12.6 Å². The second-order valence-electron chi connectivity index (χ2n) is 8.55. The lowest BCUT2D eigenvalue weighted by Crippen LogP contribution is -2.26. The van der Waals surface area contributed by atoms with Gasteiger partial charge < -0.3 is 15.0 Å². The standard InChI is InChI=1S/C17H24N4.C6H10O2/c1-12-8-10-13(11-9-12)18-17-19-15-7-5-4-6-14(15)16(20-17)21(2)3;1-5(7)6-2-3-8-4-6/h4-7,12-13H,8-11H2,1-3H3,(H,18,19,20);6H,2-4H2,1H3. The Morgan fingerprint density at radius 2 is 1.83 bits per heavy atom. The van der Waals surface area contributed by atoms with Crippen molar-refractivity contribution in [3.63, 3.8) is 0 Å². The normalized spacial score (nSPS) is 23.9. The highest BCUT2D eigenvalue weighted by molar-refractivity contribution is 5.90. The molecule has 158 valence electrons. The van der Waals surface area contributed by atoms with Crippen LogP contribution in [0.5, 0.6) is 0 Å². The number of anilines is 2. The summed E-state index contributed by atoms with van der Waals surface area (Å²) in [6.07, 6.45) is 5.95. The van der Waals surface area contributed by atoms with E-state index in [2.05, 4.69) is 34.3 Å². The molecule has 1 aromatic carbocycles. The third-order valence-electron chi connectivity index (χ3n) is 5.86. The third-order valence-corrected chi connectivity index (χ3v) is 5.86. The molecule has 1 aromatic heterocycles. The van der Waals surface area contributed by atoms with E-state index < -0.39 is 0 Å². The van der Waals surface area contributed by atoms with Gasteiger partial charge in [-0.25, -0.2) is 4.98 Å². The summed E-state index contributed by atoms with van der Waals surface area (Å²) in [6, 6.07) is 8.71. The molecule has 0 spiro atoms. The molecule has 0 amide bonds. The average molecular weight is 399 g/mol. The van der Waals surface area contributed by atoms with Gasteiger partial charge >= 0.3 is 0 Å². The quantitative estimate of drug-likeness (QED) is 0.828. The van der Waals surface area contributed by atoms with Crippen LogP contribution in [0.25, 0.3) is 10.9 Å². The number of nitrogens with zero attached hydrogens (tertiary/aromatic N) is 3. The van der Waals surface area contributed by atoms with Gasteiger partial charge in [-0.1, -0.05) is 19.1 Å². The van der Waals surface area contributed by atoms with Gasteiger partial charge in [-0.3, -0.25) is 4.79 Å². The van der Waals surface area contributed by atoms with Gasteiger partial charge in [-0.15, -0.1) is 0 Å². The molecule has 2 aromatic rings. The van der Waals surface area contributed by atoms with Gasteiger partial charge in [-0.05, 0) is 57.1 Å². The number of hydrogen-bond acceptors (Lipinski definition) is 6. The van der Waals surface area contributed by atoms with Crippen LogP contribution in [0.3, 0.4) is 0 Å². The Bertz CT molecular complexity index is 810. The van der Waals surface area contributed by atoms with Crippen molar-refractivity contribution < 1.29 is 9.53 Å². The van der Waals surface area contributed by atoms with Crippen LogP contribution in [-0.2, 0) is 9.53 Å². The highest BCUT2D eigenvalue weighted by atomic mass is 16.5. The average Bonchev–Trinajstić information content (AvgIpc) is 3.25. The fourth-order valence-corrected chi connectivity index (χ4v) is 3.91. The molecule has 1 N–H and O–H groups in total. The van der Waals surface area contributed by atoms with Crippen LogP contribution < -0.4 is 10.2 Å². The number of carbonyl (C=O) groups excluding carboxylic acids is 1. The van der Waals surface area contributed by atoms with Crippen molar-refractivity contribution in [2.75, 3.05) is 37.5 Å². The number of aromatic nitrogens is 2. The van der Waals surface area contributed by atoms with Crippen molar-refractivity contribution in [3.05, 3.63) is 24.3 Å². The molecule has 1 saturated heterocycles. The third kappa shape index (κ3) is 5.89.